The average molecular weight is 327 g/mol. The summed E-state index contributed by atoms with van der Waals surface area (Å²) in [4.78, 5) is 12.0. The van der Waals surface area contributed by atoms with Gasteiger partial charge in [-0.25, -0.2) is 4.39 Å². The number of carbonyl (C=O) groups excluding carboxylic acids is 1. The first-order valence-electron chi connectivity index (χ1n) is 6.59. The second-order valence-corrected chi connectivity index (χ2v) is 4.71. The van der Waals surface area contributed by atoms with E-state index in [1.54, 1.807) is 12.1 Å². The second kappa shape index (κ2) is 6.68. The van der Waals surface area contributed by atoms with Crippen LogP contribution in [-0.4, -0.2) is 13.0 Å². The molecule has 1 amide bonds. The standard InChI is InChI=1S/C16H13F4NO2/c1-23-13-4-2-3-10(7-13)15(22)21-9-11-5-6-12(17)8-14(11)16(18,19)20/h2-8H,9H2,1H3,(H,21,22). The van der Waals surface area contributed by atoms with Gasteiger partial charge in [-0.05, 0) is 35.9 Å². The molecule has 7 heteroatoms. The molecule has 3 nitrogen and oxygen atoms in total. The highest BCUT2D eigenvalue weighted by Crippen LogP contribution is 2.32. The first kappa shape index (κ1) is 16.8. The summed E-state index contributed by atoms with van der Waals surface area (Å²) in [6, 6.07) is 8.53. The molecule has 2 aromatic rings. The number of ether oxygens (including phenoxy) is 1. The molecule has 0 aliphatic heterocycles. The van der Waals surface area contributed by atoms with E-state index in [4.69, 9.17) is 4.74 Å². The van der Waals surface area contributed by atoms with Crippen molar-refractivity contribution in [3.8, 4) is 5.75 Å². The molecule has 0 saturated carbocycles. The molecule has 0 aliphatic rings. The van der Waals surface area contributed by atoms with E-state index in [2.05, 4.69) is 5.32 Å². The number of rotatable bonds is 4. The van der Waals surface area contributed by atoms with Gasteiger partial charge in [0.1, 0.15) is 11.6 Å². The molecule has 0 aliphatic carbocycles. The van der Waals surface area contributed by atoms with Crippen molar-refractivity contribution in [2.45, 2.75) is 12.7 Å². The molecule has 0 aromatic heterocycles. The number of alkyl halides is 3. The second-order valence-electron chi connectivity index (χ2n) is 4.71. The summed E-state index contributed by atoms with van der Waals surface area (Å²) in [5.41, 5.74) is -1.07. The Kier molecular flexibility index (Phi) is 4.88. The summed E-state index contributed by atoms with van der Waals surface area (Å²) < 4.78 is 56.6. The molecule has 2 aromatic carbocycles. The minimum Gasteiger partial charge on any atom is -0.497 e. The Morgan fingerprint density at radius 3 is 2.57 bits per heavy atom. The van der Waals surface area contributed by atoms with Crippen LogP contribution >= 0.6 is 0 Å². The lowest BCUT2D eigenvalue weighted by atomic mass is 10.1. The fourth-order valence-corrected chi connectivity index (χ4v) is 2.01. The monoisotopic (exact) mass is 327 g/mol. The van der Waals surface area contributed by atoms with Crippen molar-refractivity contribution in [2.75, 3.05) is 7.11 Å². The van der Waals surface area contributed by atoms with Gasteiger partial charge in [-0.15, -0.1) is 0 Å². The van der Waals surface area contributed by atoms with Crippen LogP contribution in [0.4, 0.5) is 17.6 Å². The predicted molar refractivity (Wildman–Crippen MR) is 75.6 cm³/mol. The van der Waals surface area contributed by atoms with Gasteiger partial charge in [-0.3, -0.25) is 4.79 Å². The molecule has 0 atom stereocenters. The fourth-order valence-electron chi connectivity index (χ4n) is 2.01. The maximum atomic E-state index is 13.0. The van der Waals surface area contributed by atoms with E-state index in [1.165, 1.54) is 19.2 Å². The van der Waals surface area contributed by atoms with Gasteiger partial charge in [-0.2, -0.15) is 13.2 Å². The third-order valence-electron chi connectivity index (χ3n) is 3.15. The molecule has 0 heterocycles. The van der Waals surface area contributed by atoms with Gasteiger partial charge in [0.2, 0.25) is 0 Å². The Balaban J connectivity index is 2.16. The summed E-state index contributed by atoms with van der Waals surface area (Å²) in [5.74, 6) is -1.09. The van der Waals surface area contributed by atoms with Crippen LogP contribution in [0.1, 0.15) is 21.5 Å². The highest BCUT2D eigenvalue weighted by Gasteiger charge is 2.33. The topological polar surface area (TPSA) is 38.3 Å². The van der Waals surface area contributed by atoms with Crippen molar-refractivity contribution in [3.63, 3.8) is 0 Å². The molecule has 1 N–H and O–H groups in total. The first-order valence-corrected chi connectivity index (χ1v) is 6.59. The van der Waals surface area contributed by atoms with Crippen LogP contribution in [0.5, 0.6) is 5.75 Å². The maximum absolute atomic E-state index is 13.0. The van der Waals surface area contributed by atoms with E-state index >= 15 is 0 Å². The summed E-state index contributed by atoms with van der Waals surface area (Å²) >= 11 is 0. The summed E-state index contributed by atoms with van der Waals surface area (Å²) in [6.45, 7) is -0.370. The zero-order chi connectivity index (χ0) is 17.0. The Hall–Kier alpha value is -2.57. The fraction of sp³-hybridized carbons (Fsp3) is 0.188. The molecule has 23 heavy (non-hydrogen) atoms. The van der Waals surface area contributed by atoms with Crippen LogP contribution < -0.4 is 10.1 Å². The van der Waals surface area contributed by atoms with Crippen LogP contribution in [0, 0.1) is 5.82 Å². The van der Waals surface area contributed by atoms with Gasteiger partial charge in [0.15, 0.2) is 0 Å². The smallest absolute Gasteiger partial charge is 0.416 e. The van der Waals surface area contributed by atoms with Crippen molar-refractivity contribution < 1.29 is 27.1 Å². The van der Waals surface area contributed by atoms with Gasteiger partial charge in [0.25, 0.3) is 5.91 Å². The molecule has 0 radical (unpaired) electrons. The van der Waals surface area contributed by atoms with Crippen LogP contribution in [0.2, 0.25) is 0 Å². The van der Waals surface area contributed by atoms with Crippen molar-refractivity contribution in [2.24, 2.45) is 0 Å². The Morgan fingerprint density at radius 1 is 1.17 bits per heavy atom. The van der Waals surface area contributed by atoms with Crippen LogP contribution in [0.3, 0.4) is 0 Å². The molecular weight excluding hydrogens is 314 g/mol. The van der Waals surface area contributed by atoms with E-state index in [-0.39, 0.29) is 17.7 Å². The molecule has 0 fully saturated rings. The lowest BCUT2D eigenvalue weighted by molar-refractivity contribution is -0.138. The van der Waals surface area contributed by atoms with E-state index in [0.29, 0.717) is 11.8 Å². The first-order chi connectivity index (χ1) is 10.8. The Labute approximate surface area is 129 Å². The minimum atomic E-state index is -4.70. The quantitative estimate of drug-likeness (QED) is 0.868. The highest BCUT2D eigenvalue weighted by atomic mass is 19.4. The van der Waals surface area contributed by atoms with E-state index in [9.17, 15) is 22.4 Å². The Bertz CT molecular complexity index is 713. The van der Waals surface area contributed by atoms with Gasteiger partial charge in [0, 0.05) is 12.1 Å². The van der Waals surface area contributed by atoms with E-state index in [1.807, 2.05) is 0 Å². The van der Waals surface area contributed by atoms with Crippen molar-refractivity contribution >= 4 is 5.91 Å². The molecule has 0 unspecified atom stereocenters. The molecule has 0 saturated heterocycles. The molecular formula is C16H13F4NO2. The van der Waals surface area contributed by atoms with Gasteiger partial charge in [-0.1, -0.05) is 12.1 Å². The minimum absolute atomic E-state index is 0.213. The van der Waals surface area contributed by atoms with Crippen LogP contribution in [0.25, 0.3) is 0 Å². The van der Waals surface area contributed by atoms with E-state index < -0.39 is 23.5 Å². The molecule has 2 rings (SSSR count). The number of benzene rings is 2. The molecule has 0 bridgehead atoms. The predicted octanol–water partition coefficient (Wildman–Crippen LogP) is 3.78. The van der Waals surface area contributed by atoms with Gasteiger partial charge < -0.3 is 10.1 Å². The van der Waals surface area contributed by atoms with E-state index in [0.717, 1.165) is 12.1 Å². The number of methoxy groups -OCH3 is 1. The number of nitrogens with one attached hydrogen (secondary N) is 1. The lowest BCUT2D eigenvalue weighted by Gasteiger charge is -2.13. The zero-order valence-electron chi connectivity index (χ0n) is 12.1. The molecule has 122 valence electrons. The molecule has 0 spiro atoms. The van der Waals surface area contributed by atoms with Gasteiger partial charge >= 0.3 is 6.18 Å². The Morgan fingerprint density at radius 2 is 1.91 bits per heavy atom. The maximum Gasteiger partial charge on any atom is 0.416 e. The van der Waals surface area contributed by atoms with Crippen molar-refractivity contribution in [3.05, 3.63) is 65.0 Å². The van der Waals surface area contributed by atoms with Crippen LogP contribution in [0.15, 0.2) is 42.5 Å². The zero-order valence-corrected chi connectivity index (χ0v) is 12.1. The number of hydrogen-bond acceptors (Lipinski definition) is 2. The number of carbonyl (C=O) groups is 1. The third-order valence-corrected chi connectivity index (χ3v) is 3.15. The third kappa shape index (κ3) is 4.21. The van der Waals surface area contributed by atoms with Gasteiger partial charge in [0.05, 0.1) is 12.7 Å². The number of halogens is 4. The largest absolute Gasteiger partial charge is 0.497 e. The summed E-state index contributed by atoms with van der Waals surface area (Å²) in [5, 5.41) is 2.38. The lowest BCUT2D eigenvalue weighted by Crippen LogP contribution is -2.24. The van der Waals surface area contributed by atoms with Crippen LogP contribution in [-0.2, 0) is 12.7 Å². The number of hydrogen-bond donors (Lipinski definition) is 1. The SMILES string of the molecule is COc1cccc(C(=O)NCc2ccc(F)cc2C(F)(F)F)c1. The summed E-state index contributed by atoms with van der Waals surface area (Å²) in [7, 11) is 1.44. The van der Waals surface area contributed by atoms with Crippen molar-refractivity contribution in [1.29, 1.82) is 0 Å². The average Bonchev–Trinajstić information content (AvgIpc) is 2.52. The number of amides is 1. The summed E-state index contributed by atoms with van der Waals surface area (Å²) in [6.07, 6.45) is -4.70. The van der Waals surface area contributed by atoms with Crippen molar-refractivity contribution in [1.82, 2.24) is 5.32 Å². The highest BCUT2D eigenvalue weighted by molar-refractivity contribution is 5.94. The normalized spacial score (nSPS) is 11.2.